The number of rotatable bonds is 5. The summed E-state index contributed by atoms with van der Waals surface area (Å²) in [4.78, 5) is 9.25. The maximum atomic E-state index is 9.74. The molecule has 0 aromatic carbocycles. The summed E-state index contributed by atoms with van der Waals surface area (Å²) in [6, 6.07) is 0. The van der Waals surface area contributed by atoms with E-state index in [2.05, 4.69) is 0 Å². The molecule has 0 bridgehead atoms. The van der Waals surface area contributed by atoms with Crippen molar-refractivity contribution in [3.63, 3.8) is 0 Å². The molecule has 60 valence electrons. The van der Waals surface area contributed by atoms with Gasteiger partial charge in [0.15, 0.2) is 0 Å². The lowest BCUT2D eigenvalue weighted by Gasteiger charge is -2.03. The molecule has 0 spiro atoms. The van der Waals surface area contributed by atoms with E-state index in [0.29, 0.717) is 0 Å². The third-order valence-electron chi connectivity index (χ3n) is 1.11. The van der Waals surface area contributed by atoms with Crippen molar-refractivity contribution >= 4 is 0 Å². The van der Waals surface area contributed by atoms with Gasteiger partial charge in [0.2, 0.25) is 6.54 Å². The average molecular weight is 149 g/mol. The standard InChI is InChI=1S/C5H11NO4/c7-4-2-5(8)1-3-6(9)10/h5,7-8H,1-4H2. The van der Waals surface area contributed by atoms with Crippen molar-refractivity contribution in [2.75, 3.05) is 13.2 Å². The predicted molar refractivity (Wildman–Crippen MR) is 34.2 cm³/mol. The number of aliphatic hydroxyl groups is 2. The van der Waals surface area contributed by atoms with E-state index < -0.39 is 11.0 Å². The molecule has 5 heteroatoms. The number of hydrogen-bond donors (Lipinski definition) is 2. The number of aliphatic hydroxyl groups excluding tert-OH is 2. The van der Waals surface area contributed by atoms with Crippen LogP contribution in [0.3, 0.4) is 0 Å². The molecule has 0 amide bonds. The van der Waals surface area contributed by atoms with Gasteiger partial charge in [-0.2, -0.15) is 0 Å². The summed E-state index contributed by atoms with van der Waals surface area (Å²) < 4.78 is 0. The lowest BCUT2D eigenvalue weighted by Crippen LogP contribution is -2.14. The first kappa shape index (κ1) is 9.32. The van der Waals surface area contributed by atoms with Crippen molar-refractivity contribution < 1.29 is 15.1 Å². The van der Waals surface area contributed by atoms with E-state index in [4.69, 9.17) is 10.2 Å². The Bertz CT molecular complexity index is 106. The minimum atomic E-state index is -0.740. The summed E-state index contributed by atoms with van der Waals surface area (Å²) in [5.74, 6) is 0. The fourth-order valence-corrected chi connectivity index (χ4v) is 0.548. The van der Waals surface area contributed by atoms with Crippen LogP contribution in [0.5, 0.6) is 0 Å². The molecular weight excluding hydrogens is 138 g/mol. The van der Waals surface area contributed by atoms with E-state index in [0.717, 1.165) is 0 Å². The van der Waals surface area contributed by atoms with Crippen LogP contribution in [-0.2, 0) is 0 Å². The summed E-state index contributed by atoms with van der Waals surface area (Å²) in [5, 5.41) is 26.8. The monoisotopic (exact) mass is 149 g/mol. The fraction of sp³-hybridized carbons (Fsp3) is 1.00. The number of hydrogen-bond acceptors (Lipinski definition) is 4. The Kier molecular flexibility index (Phi) is 4.78. The van der Waals surface area contributed by atoms with Crippen LogP contribution in [0, 0.1) is 10.1 Å². The highest BCUT2D eigenvalue weighted by Gasteiger charge is 2.06. The van der Waals surface area contributed by atoms with E-state index >= 15 is 0 Å². The second-order valence-corrected chi connectivity index (χ2v) is 2.01. The van der Waals surface area contributed by atoms with Gasteiger partial charge in [-0.3, -0.25) is 10.1 Å². The summed E-state index contributed by atoms with van der Waals surface area (Å²) in [7, 11) is 0. The van der Waals surface area contributed by atoms with Crippen molar-refractivity contribution in [3.05, 3.63) is 10.1 Å². The molecule has 2 N–H and O–H groups in total. The van der Waals surface area contributed by atoms with Crippen LogP contribution in [0.2, 0.25) is 0 Å². The molecule has 0 radical (unpaired) electrons. The van der Waals surface area contributed by atoms with Crippen LogP contribution in [0.4, 0.5) is 0 Å². The Labute approximate surface area is 58.4 Å². The molecule has 0 aliphatic rings. The SMILES string of the molecule is O=[N+]([O-])CCC(O)CCO. The molecule has 0 aliphatic carbocycles. The second-order valence-electron chi connectivity index (χ2n) is 2.01. The topological polar surface area (TPSA) is 83.6 Å². The lowest BCUT2D eigenvalue weighted by atomic mass is 10.2. The maximum Gasteiger partial charge on any atom is 0.206 e. The molecule has 0 aromatic heterocycles. The van der Waals surface area contributed by atoms with E-state index in [1.54, 1.807) is 0 Å². The third kappa shape index (κ3) is 5.46. The van der Waals surface area contributed by atoms with Gasteiger partial charge in [0.25, 0.3) is 0 Å². The molecule has 0 aliphatic heterocycles. The fourth-order valence-electron chi connectivity index (χ4n) is 0.548. The van der Waals surface area contributed by atoms with E-state index in [1.165, 1.54) is 0 Å². The number of nitrogens with zero attached hydrogens (tertiary/aromatic N) is 1. The van der Waals surface area contributed by atoms with Crippen LogP contribution in [0.15, 0.2) is 0 Å². The van der Waals surface area contributed by atoms with Gasteiger partial charge in [-0.25, -0.2) is 0 Å². The first-order chi connectivity index (χ1) is 4.66. The van der Waals surface area contributed by atoms with Gasteiger partial charge in [0, 0.05) is 18.0 Å². The quantitative estimate of drug-likeness (QED) is 0.403. The zero-order valence-electron chi connectivity index (χ0n) is 5.56. The van der Waals surface area contributed by atoms with Gasteiger partial charge >= 0.3 is 0 Å². The van der Waals surface area contributed by atoms with Crippen molar-refractivity contribution in [2.45, 2.75) is 18.9 Å². The molecule has 0 aromatic rings. The molecule has 10 heavy (non-hydrogen) atoms. The molecule has 1 unspecified atom stereocenters. The zero-order valence-corrected chi connectivity index (χ0v) is 5.56. The van der Waals surface area contributed by atoms with Gasteiger partial charge in [-0.15, -0.1) is 0 Å². The molecular formula is C5H11NO4. The van der Waals surface area contributed by atoms with Crippen molar-refractivity contribution in [2.24, 2.45) is 0 Å². The highest BCUT2D eigenvalue weighted by Crippen LogP contribution is 1.95. The zero-order chi connectivity index (χ0) is 7.98. The predicted octanol–water partition coefficient (Wildman–Crippen LogP) is -0.604. The van der Waals surface area contributed by atoms with Gasteiger partial charge in [0.05, 0.1) is 6.10 Å². The molecule has 0 saturated carbocycles. The van der Waals surface area contributed by atoms with Crippen LogP contribution < -0.4 is 0 Å². The highest BCUT2D eigenvalue weighted by molar-refractivity contribution is 4.52. The highest BCUT2D eigenvalue weighted by atomic mass is 16.6. The Morgan fingerprint density at radius 2 is 2.10 bits per heavy atom. The van der Waals surface area contributed by atoms with E-state index in [-0.39, 0.29) is 26.0 Å². The second kappa shape index (κ2) is 5.13. The van der Waals surface area contributed by atoms with Crippen molar-refractivity contribution in [1.29, 1.82) is 0 Å². The molecule has 0 heterocycles. The lowest BCUT2D eigenvalue weighted by molar-refractivity contribution is -0.482. The van der Waals surface area contributed by atoms with Crippen LogP contribution in [-0.4, -0.2) is 34.4 Å². The Balaban J connectivity index is 3.21. The van der Waals surface area contributed by atoms with Crippen molar-refractivity contribution in [3.8, 4) is 0 Å². The summed E-state index contributed by atoms with van der Waals surface area (Å²) in [6.07, 6.45) is -0.406. The van der Waals surface area contributed by atoms with Gasteiger partial charge < -0.3 is 10.2 Å². The van der Waals surface area contributed by atoms with Crippen molar-refractivity contribution in [1.82, 2.24) is 0 Å². The summed E-state index contributed by atoms with van der Waals surface area (Å²) in [5.41, 5.74) is 0. The van der Waals surface area contributed by atoms with Crippen LogP contribution >= 0.6 is 0 Å². The number of nitro groups is 1. The Morgan fingerprint density at radius 3 is 2.50 bits per heavy atom. The molecule has 0 saturated heterocycles. The average Bonchev–Trinajstić information content (AvgIpc) is 1.85. The van der Waals surface area contributed by atoms with Gasteiger partial charge in [0.1, 0.15) is 0 Å². The van der Waals surface area contributed by atoms with E-state index in [1.807, 2.05) is 0 Å². The molecule has 0 fully saturated rings. The third-order valence-corrected chi connectivity index (χ3v) is 1.11. The summed E-state index contributed by atoms with van der Waals surface area (Å²) >= 11 is 0. The first-order valence-corrected chi connectivity index (χ1v) is 3.07. The maximum absolute atomic E-state index is 9.74. The largest absolute Gasteiger partial charge is 0.396 e. The minimum Gasteiger partial charge on any atom is -0.396 e. The van der Waals surface area contributed by atoms with Gasteiger partial charge in [-0.05, 0) is 6.42 Å². The molecule has 5 nitrogen and oxygen atoms in total. The molecule has 0 rings (SSSR count). The normalized spacial score (nSPS) is 13.0. The van der Waals surface area contributed by atoms with E-state index in [9.17, 15) is 10.1 Å². The first-order valence-electron chi connectivity index (χ1n) is 3.07. The minimum absolute atomic E-state index is 0.119. The van der Waals surface area contributed by atoms with Gasteiger partial charge in [-0.1, -0.05) is 0 Å². The Hall–Kier alpha value is -0.680. The Morgan fingerprint density at radius 1 is 1.50 bits per heavy atom. The smallest absolute Gasteiger partial charge is 0.206 e. The van der Waals surface area contributed by atoms with Crippen LogP contribution in [0.25, 0.3) is 0 Å². The summed E-state index contributed by atoms with van der Waals surface area (Å²) in [6.45, 7) is -0.361. The molecule has 1 atom stereocenters. The van der Waals surface area contributed by atoms with Crippen LogP contribution in [0.1, 0.15) is 12.8 Å².